The predicted octanol–water partition coefficient (Wildman–Crippen LogP) is 7.82. The summed E-state index contributed by atoms with van der Waals surface area (Å²) in [6.45, 7) is 8.65. The molecule has 0 saturated heterocycles. The van der Waals surface area contributed by atoms with Crippen molar-refractivity contribution in [1.82, 2.24) is 19.7 Å². The van der Waals surface area contributed by atoms with Gasteiger partial charge in [-0.1, -0.05) is 53.8 Å². The molecule has 0 atom stereocenters. The molecular weight excluding hydrogens is 640 g/mol. The Morgan fingerprint density at radius 3 is 2.55 bits per heavy atom. The summed E-state index contributed by atoms with van der Waals surface area (Å²) in [5.74, 6) is -0.495. The summed E-state index contributed by atoms with van der Waals surface area (Å²) in [5, 5.41) is 8.07. The van der Waals surface area contributed by atoms with E-state index >= 15 is 0 Å². The second-order valence-electron chi connectivity index (χ2n) is 13.0. The maximum Gasteiger partial charge on any atom is 0.358 e. The van der Waals surface area contributed by atoms with Crippen LogP contribution in [0.15, 0.2) is 85.1 Å². The van der Waals surface area contributed by atoms with Gasteiger partial charge in [0.25, 0.3) is 5.91 Å². The zero-order valence-corrected chi connectivity index (χ0v) is 28.5. The molecule has 0 saturated carbocycles. The summed E-state index contributed by atoms with van der Waals surface area (Å²) in [7, 11) is 0. The highest BCUT2D eigenvalue weighted by Gasteiger charge is 2.28. The number of fused-ring (bicyclic) bond motifs is 2. The number of carbonyl (C=O) groups excluding carboxylic acids is 2. The summed E-state index contributed by atoms with van der Waals surface area (Å²) in [5.41, 5.74) is 5.38. The summed E-state index contributed by atoms with van der Waals surface area (Å²) in [6, 6.07) is 23.9. The van der Waals surface area contributed by atoms with Crippen LogP contribution in [-0.4, -0.2) is 43.8 Å². The summed E-state index contributed by atoms with van der Waals surface area (Å²) >= 11 is 1.44. The summed E-state index contributed by atoms with van der Waals surface area (Å²) in [4.78, 5) is 38.8. The fourth-order valence-corrected chi connectivity index (χ4v) is 6.92. The maximum atomic E-state index is 14.4. The van der Waals surface area contributed by atoms with Gasteiger partial charge in [-0.25, -0.2) is 19.2 Å². The standard InChI is InChI=1S/C38H35FN6O3S/c1-23-28(20-40-45(23)21-25-10-5-6-13-30(25)39)26-16-17-33(42-34(26)36(47)48-38(2,3)4)44-19-18-24-11-9-12-27(29(24)22-44)35(46)43-37-41-31-14-7-8-15-32(31)49-37/h5-17,20H,18-19,21-22H2,1-4H3,(H,41,43,46). The van der Waals surface area contributed by atoms with Crippen molar-refractivity contribution in [1.29, 1.82) is 0 Å². The van der Waals surface area contributed by atoms with Crippen LogP contribution in [0, 0.1) is 12.7 Å². The van der Waals surface area contributed by atoms with Crippen molar-refractivity contribution in [2.75, 3.05) is 16.8 Å². The van der Waals surface area contributed by atoms with E-state index < -0.39 is 11.6 Å². The topological polar surface area (TPSA) is 102 Å². The molecule has 1 aliphatic rings. The molecule has 9 nitrogen and oxygen atoms in total. The van der Waals surface area contributed by atoms with Crippen LogP contribution >= 0.6 is 11.3 Å². The molecule has 1 aliphatic heterocycles. The third-order valence-electron chi connectivity index (χ3n) is 8.50. The zero-order valence-electron chi connectivity index (χ0n) is 27.7. The number of hydrogen-bond donors (Lipinski definition) is 1. The number of carbonyl (C=O) groups is 2. The molecular formula is C38H35FN6O3S. The highest BCUT2D eigenvalue weighted by Crippen LogP contribution is 2.33. The number of aromatic nitrogens is 4. The van der Waals surface area contributed by atoms with Gasteiger partial charge in [-0.15, -0.1) is 0 Å². The van der Waals surface area contributed by atoms with Crippen LogP contribution in [0.2, 0.25) is 0 Å². The van der Waals surface area contributed by atoms with Crippen molar-refractivity contribution in [2.24, 2.45) is 0 Å². The number of esters is 1. The molecule has 0 fully saturated rings. The minimum atomic E-state index is -0.744. The fourth-order valence-electron chi connectivity index (χ4n) is 6.06. The van der Waals surface area contributed by atoms with Gasteiger partial charge in [0.1, 0.15) is 17.2 Å². The predicted molar refractivity (Wildman–Crippen MR) is 190 cm³/mol. The quantitative estimate of drug-likeness (QED) is 0.172. The molecule has 0 spiro atoms. The number of pyridine rings is 1. The highest BCUT2D eigenvalue weighted by molar-refractivity contribution is 7.22. The molecule has 4 heterocycles. The van der Waals surface area contributed by atoms with E-state index in [-0.39, 0.29) is 24.0 Å². The number of halogens is 1. The van der Waals surface area contributed by atoms with Crippen molar-refractivity contribution in [3.63, 3.8) is 0 Å². The van der Waals surface area contributed by atoms with E-state index in [2.05, 4.69) is 20.3 Å². The third-order valence-corrected chi connectivity index (χ3v) is 9.45. The third kappa shape index (κ3) is 6.66. The van der Waals surface area contributed by atoms with Crippen LogP contribution in [0.4, 0.5) is 15.3 Å². The molecule has 3 aromatic carbocycles. The van der Waals surface area contributed by atoms with E-state index in [0.29, 0.717) is 52.7 Å². The monoisotopic (exact) mass is 674 g/mol. The van der Waals surface area contributed by atoms with Crippen LogP contribution in [0.1, 0.15) is 64.0 Å². The summed E-state index contributed by atoms with van der Waals surface area (Å²) in [6.07, 6.45) is 2.37. The van der Waals surface area contributed by atoms with E-state index in [4.69, 9.17) is 9.72 Å². The number of thiazole rings is 1. The molecule has 49 heavy (non-hydrogen) atoms. The zero-order chi connectivity index (χ0) is 34.3. The van der Waals surface area contributed by atoms with Crippen LogP contribution in [0.25, 0.3) is 21.3 Å². The van der Waals surface area contributed by atoms with E-state index in [1.807, 2.05) is 82.3 Å². The van der Waals surface area contributed by atoms with Gasteiger partial charge in [-0.3, -0.25) is 14.8 Å². The summed E-state index contributed by atoms with van der Waals surface area (Å²) < 4.78 is 23.0. The molecule has 1 amide bonds. The first-order chi connectivity index (χ1) is 23.5. The molecule has 0 bridgehead atoms. The fraction of sp³-hybridized carbons (Fsp3) is 0.237. The Bertz CT molecular complexity index is 2190. The minimum absolute atomic E-state index is 0.161. The van der Waals surface area contributed by atoms with Crippen LogP contribution in [0.3, 0.4) is 0 Å². The molecule has 0 aliphatic carbocycles. The molecule has 11 heteroatoms. The molecule has 3 aromatic heterocycles. The number of benzene rings is 3. The number of para-hydroxylation sites is 1. The van der Waals surface area contributed by atoms with Crippen LogP contribution < -0.4 is 10.2 Å². The molecule has 0 unspecified atom stereocenters. The van der Waals surface area contributed by atoms with Crippen LogP contribution in [-0.2, 0) is 24.2 Å². The lowest BCUT2D eigenvalue weighted by molar-refractivity contribution is 0.00638. The SMILES string of the molecule is Cc1c(-c2ccc(N3CCc4cccc(C(=O)Nc5nc6ccccc6s5)c4C3)nc2C(=O)OC(C)(C)C)cnn1Cc1ccccc1F. The largest absolute Gasteiger partial charge is 0.455 e. The molecule has 248 valence electrons. The Kier molecular flexibility index (Phi) is 8.45. The minimum Gasteiger partial charge on any atom is -0.455 e. The molecule has 6 aromatic rings. The number of nitrogens with one attached hydrogen (secondary N) is 1. The van der Waals surface area contributed by atoms with E-state index in [0.717, 1.165) is 27.0 Å². The Labute approximate surface area is 287 Å². The normalized spacial score (nSPS) is 13.0. The number of ether oxygens (including phenoxy) is 1. The number of rotatable bonds is 7. The van der Waals surface area contributed by atoms with Gasteiger partial charge in [0.15, 0.2) is 10.8 Å². The Hall–Kier alpha value is -5.42. The lowest BCUT2D eigenvalue weighted by Crippen LogP contribution is -2.33. The first-order valence-electron chi connectivity index (χ1n) is 16.1. The first kappa shape index (κ1) is 32.1. The number of hydrogen-bond acceptors (Lipinski definition) is 8. The average Bonchev–Trinajstić information content (AvgIpc) is 3.66. The smallest absolute Gasteiger partial charge is 0.358 e. The number of nitrogens with zero attached hydrogens (tertiary/aromatic N) is 5. The van der Waals surface area contributed by atoms with Gasteiger partial charge in [0.05, 0.1) is 23.0 Å². The Balaban J connectivity index is 1.20. The second-order valence-corrected chi connectivity index (χ2v) is 14.0. The van der Waals surface area contributed by atoms with Gasteiger partial charge >= 0.3 is 5.97 Å². The Morgan fingerprint density at radius 2 is 1.76 bits per heavy atom. The van der Waals surface area contributed by atoms with Gasteiger partial charge < -0.3 is 9.64 Å². The van der Waals surface area contributed by atoms with E-state index in [1.54, 1.807) is 29.1 Å². The van der Waals surface area contributed by atoms with Crippen molar-refractivity contribution >= 4 is 44.4 Å². The van der Waals surface area contributed by atoms with Gasteiger partial charge in [0, 0.05) is 41.0 Å². The van der Waals surface area contributed by atoms with E-state index in [9.17, 15) is 14.0 Å². The van der Waals surface area contributed by atoms with Crippen molar-refractivity contribution in [3.8, 4) is 11.1 Å². The number of anilines is 2. The highest BCUT2D eigenvalue weighted by atomic mass is 32.1. The molecule has 1 N–H and O–H groups in total. The maximum absolute atomic E-state index is 14.4. The first-order valence-corrected chi connectivity index (χ1v) is 16.9. The van der Waals surface area contributed by atoms with E-state index in [1.165, 1.54) is 17.4 Å². The Morgan fingerprint density at radius 1 is 0.959 bits per heavy atom. The molecule has 7 rings (SSSR count). The van der Waals surface area contributed by atoms with Gasteiger partial charge in [-0.2, -0.15) is 5.10 Å². The lowest BCUT2D eigenvalue weighted by Gasteiger charge is -2.31. The van der Waals surface area contributed by atoms with Crippen molar-refractivity contribution < 1.29 is 18.7 Å². The average molecular weight is 675 g/mol. The van der Waals surface area contributed by atoms with Crippen molar-refractivity contribution in [2.45, 2.75) is 52.8 Å². The second kappa shape index (κ2) is 12.9. The van der Waals surface area contributed by atoms with Gasteiger partial charge in [0.2, 0.25) is 0 Å². The van der Waals surface area contributed by atoms with Crippen molar-refractivity contribution in [3.05, 3.63) is 125 Å². The van der Waals surface area contributed by atoms with Crippen LogP contribution in [0.5, 0.6) is 0 Å². The molecule has 0 radical (unpaired) electrons. The number of amides is 1. The van der Waals surface area contributed by atoms with Gasteiger partial charge in [-0.05, 0) is 81.6 Å². The lowest BCUT2D eigenvalue weighted by atomic mass is 9.94.